The second-order valence-electron chi connectivity index (χ2n) is 2.14. The van der Waals surface area contributed by atoms with E-state index in [0.717, 1.165) is 5.52 Å². The Morgan fingerprint density at radius 2 is 2.27 bits per heavy atom. The van der Waals surface area contributed by atoms with Crippen molar-refractivity contribution in [2.24, 2.45) is 0 Å². The van der Waals surface area contributed by atoms with E-state index in [0.29, 0.717) is 5.13 Å². The molecule has 2 nitrogen and oxygen atoms in total. The molecule has 2 N–H and O–H groups in total. The zero-order valence-corrected chi connectivity index (χ0v) is 8.52. The van der Waals surface area contributed by atoms with Gasteiger partial charge in [-0.3, -0.25) is 0 Å². The number of nitrogen functional groups attached to an aromatic ring is 1. The zero-order valence-electron chi connectivity index (χ0n) is 5.54. The van der Waals surface area contributed by atoms with Gasteiger partial charge in [-0.15, -0.1) is 0 Å². The highest BCUT2D eigenvalue weighted by molar-refractivity contribution is 14.1. The number of rotatable bonds is 0. The Morgan fingerprint density at radius 1 is 1.45 bits per heavy atom. The van der Waals surface area contributed by atoms with Crippen LogP contribution in [0.25, 0.3) is 10.2 Å². The molecule has 0 saturated carbocycles. The van der Waals surface area contributed by atoms with Crippen molar-refractivity contribution in [3.8, 4) is 0 Å². The summed E-state index contributed by atoms with van der Waals surface area (Å²) in [5.74, 6) is 0. The minimum Gasteiger partial charge on any atom is -0.375 e. The molecule has 56 valence electrons. The van der Waals surface area contributed by atoms with Gasteiger partial charge in [0.2, 0.25) is 0 Å². The molecule has 0 bridgehead atoms. The Balaban J connectivity index is 2.90. The number of benzene rings is 1. The van der Waals surface area contributed by atoms with Crippen molar-refractivity contribution in [1.29, 1.82) is 0 Å². The number of thiazole rings is 1. The molecule has 2 aromatic rings. The van der Waals surface area contributed by atoms with Crippen LogP contribution >= 0.6 is 33.9 Å². The van der Waals surface area contributed by atoms with Crippen LogP contribution < -0.4 is 5.73 Å². The lowest BCUT2D eigenvalue weighted by molar-refractivity contribution is 1.49. The molecule has 0 amide bonds. The van der Waals surface area contributed by atoms with Crippen LogP contribution in [-0.2, 0) is 0 Å². The van der Waals surface area contributed by atoms with E-state index < -0.39 is 0 Å². The fourth-order valence-electron chi connectivity index (χ4n) is 0.933. The molecule has 4 heteroatoms. The monoisotopic (exact) mass is 276 g/mol. The molecule has 0 aliphatic rings. The van der Waals surface area contributed by atoms with Gasteiger partial charge in [0.15, 0.2) is 5.13 Å². The molecule has 0 atom stereocenters. The molecule has 2 rings (SSSR count). The van der Waals surface area contributed by atoms with Crippen molar-refractivity contribution in [2.75, 3.05) is 5.73 Å². The third-order valence-corrected chi connectivity index (χ3v) is 3.58. The second kappa shape index (κ2) is 2.60. The number of aromatic nitrogens is 1. The highest BCUT2D eigenvalue weighted by atomic mass is 127. The average Bonchev–Trinajstić information content (AvgIpc) is 2.31. The van der Waals surface area contributed by atoms with Gasteiger partial charge in [-0.2, -0.15) is 0 Å². The summed E-state index contributed by atoms with van der Waals surface area (Å²) in [6.07, 6.45) is 0. The van der Waals surface area contributed by atoms with E-state index in [2.05, 4.69) is 33.6 Å². The Labute approximate surface area is 81.6 Å². The van der Waals surface area contributed by atoms with Crippen molar-refractivity contribution < 1.29 is 0 Å². The van der Waals surface area contributed by atoms with E-state index in [9.17, 15) is 0 Å². The van der Waals surface area contributed by atoms with Gasteiger partial charge >= 0.3 is 0 Å². The molecule has 11 heavy (non-hydrogen) atoms. The van der Waals surface area contributed by atoms with Gasteiger partial charge in [-0.1, -0.05) is 17.4 Å². The van der Waals surface area contributed by atoms with E-state index in [4.69, 9.17) is 5.73 Å². The molecule has 1 aromatic carbocycles. The molecule has 1 heterocycles. The maximum absolute atomic E-state index is 5.56. The summed E-state index contributed by atoms with van der Waals surface area (Å²) in [4.78, 5) is 4.17. The molecule has 0 radical (unpaired) electrons. The Morgan fingerprint density at radius 3 is 3.00 bits per heavy atom. The summed E-state index contributed by atoms with van der Waals surface area (Å²) in [5.41, 5.74) is 6.56. The number of nitrogens with two attached hydrogens (primary N) is 1. The molecule has 0 aliphatic carbocycles. The van der Waals surface area contributed by atoms with Gasteiger partial charge in [-0.25, -0.2) is 4.98 Å². The molecular formula is C7H5IN2S. The summed E-state index contributed by atoms with van der Waals surface area (Å²) in [6.45, 7) is 0. The lowest BCUT2D eigenvalue weighted by Crippen LogP contribution is -1.78. The minimum absolute atomic E-state index is 0.643. The van der Waals surface area contributed by atoms with Crippen LogP contribution in [0.15, 0.2) is 18.2 Å². The SMILES string of the molecule is Nc1nc2cccc(I)c2s1. The first-order valence-electron chi connectivity index (χ1n) is 3.08. The zero-order chi connectivity index (χ0) is 7.84. The normalized spacial score (nSPS) is 10.6. The molecular weight excluding hydrogens is 271 g/mol. The average molecular weight is 276 g/mol. The molecule has 0 unspecified atom stereocenters. The second-order valence-corrected chi connectivity index (χ2v) is 4.33. The summed E-state index contributed by atoms with van der Waals surface area (Å²) in [6, 6.07) is 6.02. The quantitative estimate of drug-likeness (QED) is 0.751. The number of hydrogen-bond donors (Lipinski definition) is 1. The smallest absolute Gasteiger partial charge is 0.181 e. The third-order valence-electron chi connectivity index (χ3n) is 1.38. The largest absolute Gasteiger partial charge is 0.375 e. The highest BCUT2D eigenvalue weighted by Crippen LogP contribution is 2.27. The summed E-state index contributed by atoms with van der Waals surface area (Å²) >= 11 is 3.82. The topological polar surface area (TPSA) is 38.9 Å². The first-order chi connectivity index (χ1) is 5.27. The van der Waals surface area contributed by atoms with Gasteiger partial charge in [-0.05, 0) is 34.7 Å². The maximum Gasteiger partial charge on any atom is 0.181 e. The first-order valence-corrected chi connectivity index (χ1v) is 4.97. The summed E-state index contributed by atoms with van der Waals surface area (Å²) in [5, 5.41) is 0.643. The molecule has 0 aliphatic heterocycles. The van der Waals surface area contributed by atoms with Crippen LogP contribution in [0.1, 0.15) is 0 Å². The van der Waals surface area contributed by atoms with E-state index in [1.54, 1.807) is 0 Å². The first kappa shape index (κ1) is 7.30. The van der Waals surface area contributed by atoms with Crippen molar-refractivity contribution in [3.05, 3.63) is 21.8 Å². The predicted molar refractivity (Wildman–Crippen MR) is 56.7 cm³/mol. The van der Waals surface area contributed by atoms with Gasteiger partial charge in [0, 0.05) is 3.57 Å². The van der Waals surface area contributed by atoms with E-state index in [-0.39, 0.29) is 0 Å². The lowest BCUT2D eigenvalue weighted by Gasteiger charge is -1.88. The Bertz CT molecular complexity index is 396. The fourth-order valence-corrected chi connectivity index (χ4v) is 2.48. The number of hydrogen-bond acceptors (Lipinski definition) is 3. The van der Waals surface area contributed by atoms with Crippen molar-refractivity contribution in [2.45, 2.75) is 0 Å². The van der Waals surface area contributed by atoms with E-state index >= 15 is 0 Å². The summed E-state index contributed by atoms with van der Waals surface area (Å²) < 4.78 is 2.40. The fraction of sp³-hybridized carbons (Fsp3) is 0. The van der Waals surface area contributed by atoms with Crippen LogP contribution in [-0.4, -0.2) is 4.98 Å². The number of fused-ring (bicyclic) bond motifs is 1. The number of anilines is 1. The molecule has 0 saturated heterocycles. The van der Waals surface area contributed by atoms with Crippen molar-refractivity contribution in [3.63, 3.8) is 0 Å². The van der Waals surface area contributed by atoms with Gasteiger partial charge in [0.05, 0.1) is 10.2 Å². The third kappa shape index (κ3) is 1.20. The van der Waals surface area contributed by atoms with Gasteiger partial charge in [0.25, 0.3) is 0 Å². The Hall–Kier alpha value is -0.360. The van der Waals surface area contributed by atoms with Crippen LogP contribution in [0.3, 0.4) is 0 Å². The van der Waals surface area contributed by atoms with Gasteiger partial charge in [0.1, 0.15) is 0 Å². The number of halogens is 1. The summed E-state index contributed by atoms with van der Waals surface area (Å²) in [7, 11) is 0. The Kier molecular flexibility index (Phi) is 1.72. The van der Waals surface area contributed by atoms with Gasteiger partial charge < -0.3 is 5.73 Å². The van der Waals surface area contributed by atoms with Crippen LogP contribution in [0.4, 0.5) is 5.13 Å². The van der Waals surface area contributed by atoms with E-state index in [1.165, 1.54) is 19.6 Å². The molecule has 0 spiro atoms. The predicted octanol–water partition coefficient (Wildman–Crippen LogP) is 2.48. The highest BCUT2D eigenvalue weighted by Gasteiger charge is 2.02. The van der Waals surface area contributed by atoms with Crippen LogP contribution in [0.5, 0.6) is 0 Å². The number of nitrogens with zero attached hydrogens (tertiary/aromatic N) is 1. The standard InChI is InChI=1S/C7H5IN2S/c8-4-2-1-3-5-6(4)11-7(9)10-5/h1-3H,(H2,9,10). The molecule has 1 aromatic heterocycles. The van der Waals surface area contributed by atoms with Crippen molar-refractivity contribution in [1.82, 2.24) is 4.98 Å². The van der Waals surface area contributed by atoms with E-state index in [1.807, 2.05) is 12.1 Å². The lowest BCUT2D eigenvalue weighted by atomic mass is 10.3. The van der Waals surface area contributed by atoms with Crippen LogP contribution in [0, 0.1) is 3.57 Å². The van der Waals surface area contributed by atoms with Crippen molar-refractivity contribution >= 4 is 49.3 Å². The molecule has 0 fully saturated rings. The minimum atomic E-state index is 0.643. The van der Waals surface area contributed by atoms with Crippen LogP contribution in [0.2, 0.25) is 0 Å². The maximum atomic E-state index is 5.56.